The van der Waals surface area contributed by atoms with Crippen LogP contribution in [-0.2, 0) is 7.05 Å². The van der Waals surface area contributed by atoms with Gasteiger partial charge < -0.3 is 5.73 Å². The van der Waals surface area contributed by atoms with E-state index < -0.39 is 11.6 Å². The van der Waals surface area contributed by atoms with Crippen LogP contribution in [-0.4, -0.2) is 14.8 Å². The molecule has 3 aromatic rings. The lowest BCUT2D eigenvalue weighted by Gasteiger charge is -2.05. The summed E-state index contributed by atoms with van der Waals surface area (Å²) in [6.07, 6.45) is 1.60. The lowest BCUT2D eigenvalue weighted by Crippen LogP contribution is -1.98. The zero-order valence-corrected chi connectivity index (χ0v) is 11.2. The Kier molecular flexibility index (Phi) is 3.13. The van der Waals surface area contributed by atoms with Gasteiger partial charge in [-0.1, -0.05) is 12.1 Å². The normalized spacial score (nSPS) is 10.8. The van der Waals surface area contributed by atoms with E-state index in [1.165, 1.54) is 16.8 Å². The lowest BCUT2D eigenvalue weighted by atomic mass is 10.0. The van der Waals surface area contributed by atoms with E-state index in [0.717, 1.165) is 6.07 Å². The van der Waals surface area contributed by atoms with Gasteiger partial charge in [0.15, 0.2) is 11.6 Å². The molecule has 0 amide bonds. The van der Waals surface area contributed by atoms with Crippen molar-refractivity contribution >= 4 is 5.82 Å². The molecule has 0 spiro atoms. The summed E-state index contributed by atoms with van der Waals surface area (Å²) in [5.41, 5.74) is 7.38. The Balaban J connectivity index is 2.30. The van der Waals surface area contributed by atoms with Crippen LogP contribution in [0.3, 0.4) is 0 Å². The van der Waals surface area contributed by atoms with Crippen LogP contribution in [0, 0.1) is 11.6 Å². The molecule has 0 saturated carbocycles. The molecular formula is C15H12F2N4. The number of rotatable bonds is 2. The summed E-state index contributed by atoms with van der Waals surface area (Å²) in [5.74, 6) is -1.54. The number of aromatic nitrogens is 3. The van der Waals surface area contributed by atoms with Gasteiger partial charge in [-0.25, -0.2) is 8.78 Å². The van der Waals surface area contributed by atoms with Gasteiger partial charge in [0.2, 0.25) is 0 Å². The van der Waals surface area contributed by atoms with E-state index >= 15 is 0 Å². The third kappa shape index (κ3) is 2.14. The third-order valence-corrected chi connectivity index (χ3v) is 3.22. The van der Waals surface area contributed by atoms with E-state index in [1.54, 1.807) is 31.4 Å². The summed E-state index contributed by atoms with van der Waals surface area (Å²) in [5, 5.41) is 4.20. The molecule has 1 aromatic carbocycles. The van der Waals surface area contributed by atoms with Crippen molar-refractivity contribution in [3.05, 3.63) is 54.2 Å². The van der Waals surface area contributed by atoms with E-state index in [-0.39, 0.29) is 11.3 Å². The summed E-state index contributed by atoms with van der Waals surface area (Å²) in [6.45, 7) is 0. The van der Waals surface area contributed by atoms with E-state index in [9.17, 15) is 8.78 Å². The average molecular weight is 286 g/mol. The number of benzene rings is 1. The first-order chi connectivity index (χ1) is 10.1. The van der Waals surface area contributed by atoms with Crippen molar-refractivity contribution in [2.24, 2.45) is 7.05 Å². The van der Waals surface area contributed by atoms with Gasteiger partial charge in [0.05, 0.1) is 11.3 Å². The Morgan fingerprint density at radius 3 is 2.62 bits per heavy atom. The molecule has 2 heterocycles. The van der Waals surface area contributed by atoms with Crippen LogP contribution >= 0.6 is 0 Å². The highest BCUT2D eigenvalue weighted by Crippen LogP contribution is 2.36. The van der Waals surface area contributed by atoms with Crippen LogP contribution in [0.2, 0.25) is 0 Å². The van der Waals surface area contributed by atoms with Crippen LogP contribution in [0.15, 0.2) is 42.6 Å². The van der Waals surface area contributed by atoms with Crippen LogP contribution < -0.4 is 5.73 Å². The molecule has 0 radical (unpaired) electrons. The number of pyridine rings is 1. The first kappa shape index (κ1) is 13.2. The van der Waals surface area contributed by atoms with E-state index in [1.807, 2.05) is 0 Å². The Morgan fingerprint density at radius 1 is 1.10 bits per heavy atom. The number of halogens is 2. The zero-order chi connectivity index (χ0) is 15.0. The van der Waals surface area contributed by atoms with E-state index in [2.05, 4.69) is 10.1 Å². The number of aryl methyl sites for hydroxylation is 1. The number of anilines is 1. The SMILES string of the molecule is Cn1nc(-c2cccc(F)c2F)c(-c2ccccn2)c1N. The van der Waals surface area contributed by atoms with Gasteiger partial charge in [0, 0.05) is 18.8 Å². The van der Waals surface area contributed by atoms with Crippen molar-refractivity contribution in [3.8, 4) is 22.5 Å². The van der Waals surface area contributed by atoms with E-state index in [4.69, 9.17) is 5.73 Å². The highest BCUT2D eigenvalue weighted by atomic mass is 19.2. The van der Waals surface area contributed by atoms with Crippen LogP contribution in [0.4, 0.5) is 14.6 Å². The predicted molar refractivity (Wildman–Crippen MR) is 76.2 cm³/mol. The molecule has 0 fully saturated rings. The van der Waals surface area contributed by atoms with Crippen LogP contribution in [0.25, 0.3) is 22.5 Å². The minimum atomic E-state index is -0.951. The van der Waals surface area contributed by atoms with Crippen molar-refractivity contribution in [2.75, 3.05) is 5.73 Å². The molecule has 0 saturated heterocycles. The van der Waals surface area contributed by atoms with Crippen LogP contribution in [0.5, 0.6) is 0 Å². The first-order valence-corrected chi connectivity index (χ1v) is 6.28. The Labute approximate surface area is 119 Å². The molecule has 0 aliphatic heterocycles. The minimum absolute atomic E-state index is 0.0583. The van der Waals surface area contributed by atoms with Crippen molar-refractivity contribution in [3.63, 3.8) is 0 Å². The molecule has 0 aliphatic carbocycles. The quantitative estimate of drug-likeness (QED) is 0.788. The fourth-order valence-electron chi connectivity index (χ4n) is 2.18. The number of hydrogen-bond acceptors (Lipinski definition) is 3. The maximum atomic E-state index is 14.0. The van der Waals surface area contributed by atoms with Crippen molar-refractivity contribution < 1.29 is 8.78 Å². The van der Waals surface area contributed by atoms with Crippen molar-refractivity contribution in [1.82, 2.24) is 14.8 Å². The molecule has 4 nitrogen and oxygen atoms in total. The lowest BCUT2D eigenvalue weighted by molar-refractivity contribution is 0.511. The number of nitrogen functional groups attached to an aromatic ring is 1. The largest absolute Gasteiger partial charge is 0.383 e. The smallest absolute Gasteiger partial charge is 0.168 e. The highest BCUT2D eigenvalue weighted by Gasteiger charge is 2.21. The molecule has 6 heteroatoms. The zero-order valence-electron chi connectivity index (χ0n) is 11.2. The second-order valence-corrected chi connectivity index (χ2v) is 4.55. The summed E-state index contributed by atoms with van der Waals surface area (Å²) in [6, 6.07) is 9.26. The number of hydrogen-bond donors (Lipinski definition) is 1. The Bertz CT molecular complexity index is 797. The number of nitrogens with zero attached hydrogens (tertiary/aromatic N) is 3. The predicted octanol–water partition coefficient (Wildman–Crippen LogP) is 3.01. The molecule has 0 bridgehead atoms. The van der Waals surface area contributed by atoms with Gasteiger partial charge in [-0.15, -0.1) is 0 Å². The first-order valence-electron chi connectivity index (χ1n) is 6.28. The second kappa shape index (κ2) is 4.97. The monoisotopic (exact) mass is 286 g/mol. The van der Waals surface area contributed by atoms with Gasteiger partial charge in [-0.3, -0.25) is 9.67 Å². The molecule has 2 aromatic heterocycles. The third-order valence-electron chi connectivity index (χ3n) is 3.22. The van der Waals surface area contributed by atoms with Gasteiger partial charge >= 0.3 is 0 Å². The van der Waals surface area contributed by atoms with Gasteiger partial charge in [-0.2, -0.15) is 5.10 Å². The summed E-state index contributed by atoms with van der Waals surface area (Å²) >= 11 is 0. The summed E-state index contributed by atoms with van der Waals surface area (Å²) in [4.78, 5) is 4.21. The molecule has 0 unspecified atom stereocenters. The molecule has 0 atom stereocenters. The second-order valence-electron chi connectivity index (χ2n) is 4.55. The maximum Gasteiger partial charge on any atom is 0.168 e. The summed E-state index contributed by atoms with van der Waals surface area (Å²) < 4.78 is 28.9. The molecule has 3 rings (SSSR count). The maximum absolute atomic E-state index is 14.0. The fraction of sp³-hybridized carbons (Fsp3) is 0.0667. The average Bonchev–Trinajstić information content (AvgIpc) is 2.78. The summed E-state index contributed by atoms with van der Waals surface area (Å²) in [7, 11) is 1.64. The number of nitrogens with two attached hydrogens (primary N) is 1. The van der Waals surface area contributed by atoms with Gasteiger partial charge in [0.25, 0.3) is 0 Å². The fourth-order valence-corrected chi connectivity index (χ4v) is 2.18. The van der Waals surface area contributed by atoms with Gasteiger partial charge in [-0.05, 0) is 24.3 Å². The van der Waals surface area contributed by atoms with Crippen molar-refractivity contribution in [1.29, 1.82) is 0 Å². The molecule has 2 N–H and O–H groups in total. The molecule has 21 heavy (non-hydrogen) atoms. The van der Waals surface area contributed by atoms with Gasteiger partial charge in [0.1, 0.15) is 11.5 Å². The molecule has 106 valence electrons. The molecular weight excluding hydrogens is 274 g/mol. The standard InChI is InChI=1S/C15H12F2N4/c1-21-15(18)12(11-7-2-3-8-19-11)14(20-21)9-5-4-6-10(16)13(9)17/h2-8H,18H2,1H3. The Hall–Kier alpha value is -2.76. The minimum Gasteiger partial charge on any atom is -0.383 e. The molecule has 0 aliphatic rings. The van der Waals surface area contributed by atoms with Crippen molar-refractivity contribution in [2.45, 2.75) is 0 Å². The highest BCUT2D eigenvalue weighted by molar-refractivity contribution is 5.86. The van der Waals surface area contributed by atoms with Crippen LogP contribution in [0.1, 0.15) is 0 Å². The van der Waals surface area contributed by atoms with E-state index in [0.29, 0.717) is 17.1 Å². The Morgan fingerprint density at radius 2 is 1.90 bits per heavy atom. The topological polar surface area (TPSA) is 56.7 Å².